The van der Waals surface area contributed by atoms with Crippen molar-refractivity contribution in [1.82, 2.24) is 15.3 Å². The second kappa shape index (κ2) is 7.27. The summed E-state index contributed by atoms with van der Waals surface area (Å²) >= 11 is 0. The van der Waals surface area contributed by atoms with Crippen molar-refractivity contribution in [1.29, 1.82) is 5.26 Å². The fourth-order valence-corrected chi connectivity index (χ4v) is 4.49. The number of carbonyl (C=O) groups excluding carboxylic acids is 1. The van der Waals surface area contributed by atoms with E-state index in [1.165, 1.54) is 24.7 Å². The lowest BCUT2D eigenvalue weighted by molar-refractivity contribution is -0.164. The molecule has 0 unspecified atom stereocenters. The minimum Gasteiger partial charge on any atom is -0.489 e. The van der Waals surface area contributed by atoms with E-state index in [4.69, 9.17) is 10.00 Å². The zero-order valence-corrected chi connectivity index (χ0v) is 16.9. The zero-order valence-electron chi connectivity index (χ0n) is 16.9. The first-order valence-corrected chi connectivity index (χ1v) is 9.24. The number of ether oxygens (including phenoxy) is 1. The number of nitrogens with zero attached hydrogens (tertiary/aromatic N) is 3. The normalized spacial score (nSPS) is 21.8. The Morgan fingerprint density at radius 2 is 1.87 bits per heavy atom. The molecule has 1 fully saturated rings. The van der Waals surface area contributed by atoms with E-state index in [1.807, 2.05) is 27.7 Å². The van der Waals surface area contributed by atoms with Gasteiger partial charge in [0.1, 0.15) is 17.5 Å². The lowest BCUT2D eigenvalue weighted by Gasteiger charge is -2.63. The maximum Gasteiger partial charge on any atom is 0.417 e. The van der Waals surface area contributed by atoms with Gasteiger partial charge in [0.15, 0.2) is 0 Å². The van der Waals surface area contributed by atoms with Gasteiger partial charge in [0.2, 0.25) is 0 Å². The number of aromatic nitrogens is 2. The van der Waals surface area contributed by atoms with Gasteiger partial charge < -0.3 is 10.1 Å². The number of alkyl halides is 3. The molecule has 0 radical (unpaired) electrons. The van der Waals surface area contributed by atoms with E-state index >= 15 is 0 Å². The van der Waals surface area contributed by atoms with E-state index in [1.54, 1.807) is 6.07 Å². The fraction of sp³-hybridized carbons (Fsp3) is 0.429. The van der Waals surface area contributed by atoms with Crippen LogP contribution in [0, 0.1) is 22.2 Å². The van der Waals surface area contributed by atoms with Crippen LogP contribution in [0.4, 0.5) is 13.2 Å². The van der Waals surface area contributed by atoms with E-state index in [2.05, 4.69) is 15.3 Å². The van der Waals surface area contributed by atoms with Crippen LogP contribution in [-0.2, 0) is 6.18 Å². The summed E-state index contributed by atoms with van der Waals surface area (Å²) in [4.78, 5) is 20.4. The first-order valence-electron chi connectivity index (χ1n) is 9.24. The second-order valence-electron chi connectivity index (χ2n) is 8.45. The van der Waals surface area contributed by atoms with E-state index in [9.17, 15) is 18.0 Å². The van der Waals surface area contributed by atoms with Crippen molar-refractivity contribution in [3.05, 3.63) is 53.6 Å². The van der Waals surface area contributed by atoms with Crippen LogP contribution in [0.5, 0.6) is 5.75 Å². The second-order valence-corrected chi connectivity index (χ2v) is 8.45. The highest BCUT2D eigenvalue weighted by Gasteiger charge is 2.64. The molecule has 0 saturated heterocycles. The highest BCUT2D eigenvalue weighted by Crippen LogP contribution is 2.55. The minimum atomic E-state index is -4.66. The van der Waals surface area contributed by atoms with Gasteiger partial charge in [-0.3, -0.25) is 9.78 Å². The molecule has 158 valence electrons. The van der Waals surface area contributed by atoms with Gasteiger partial charge in [-0.1, -0.05) is 27.7 Å². The Hall–Kier alpha value is -3.15. The molecule has 0 bridgehead atoms. The molecule has 1 N–H and O–H groups in total. The maximum absolute atomic E-state index is 13.3. The summed E-state index contributed by atoms with van der Waals surface area (Å²) in [7, 11) is 0. The Bertz CT molecular complexity index is 982. The molecule has 1 amide bonds. The summed E-state index contributed by atoms with van der Waals surface area (Å²) in [5.74, 6) is -0.364. The predicted molar refractivity (Wildman–Crippen MR) is 101 cm³/mol. The lowest BCUT2D eigenvalue weighted by atomic mass is 9.49. The first kappa shape index (κ1) is 21.6. The van der Waals surface area contributed by atoms with Crippen molar-refractivity contribution in [3.63, 3.8) is 0 Å². The van der Waals surface area contributed by atoms with E-state index in [-0.39, 0.29) is 23.4 Å². The number of hydrogen-bond acceptors (Lipinski definition) is 5. The summed E-state index contributed by atoms with van der Waals surface area (Å²) in [5, 5.41) is 11.9. The predicted octanol–water partition coefficient (Wildman–Crippen LogP) is 3.98. The Morgan fingerprint density at radius 3 is 2.40 bits per heavy atom. The fourth-order valence-electron chi connectivity index (χ4n) is 4.49. The maximum atomic E-state index is 13.3. The van der Waals surface area contributed by atoms with Crippen LogP contribution < -0.4 is 10.1 Å². The van der Waals surface area contributed by atoms with Gasteiger partial charge in [0.25, 0.3) is 5.91 Å². The van der Waals surface area contributed by atoms with Gasteiger partial charge in [0.05, 0.1) is 23.4 Å². The average Bonchev–Trinajstić information content (AvgIpc) is 2.69. The number of nitrogens with one attached hydrogen (secondary N) is 1. The van der Waals surface area contributed by atoms with E-state index < -0.39 is 34.2 Å². The Kier molecular flexibility index (Phi) is 5.23. The topological polar surface area (TPSA) is 87.9 Å². The van der Waals surface area contributed by atoms with Crippen LogP contribution >= 0.6 is 0 Å². The summed E-state index contributed by atoms with van der Waals surface area (Å²) < 4.78 is 45.7. The molecule has 0 aliphatic heterocycles. The number of rotatable bonds is 4. The van der Waals surface area contributed by atoms with Crippen LogP contribution in [0.1, 0.15) is 49.3 Å². The molecule has 1 heterocycles. The molecule has 3 rings (SSSR count). The molecule has 1 saturated carbocycles. The van der Waals surface area contributed by atoms with Crippen molar-refractivity contribution in [2.45, 2.75) is 46.0 Å². The number of benzene rings is 1. The molecule has 2 aromatic rings. The van der Waals surface area contributed by atoms with Gasteiger partial charge in [-0.15, -0.1) is 0 Å². The Balaban J connectivity index is 1.82. The van der Waals surface area contributed by atoms with Crippen LogP contribution in [0.2, 0.25) is 0 Å². The Morgan fingerprint density at radius 1 is 1.20 bits per heavy atom. The number of halogens is 3. The molecule has 1 aromatic carbocycles. The van der Waals surface area contributed by atoms with Crippen molar-refractivity contribution in [2.24, 2.45) is 10.8 Å². The molecule has 1 aromatic heterocycles. The lowest BCUT2D eigenvalue weighted by Crippen LogP contribution is -2.74. The van der Waals surface area contributed by atoms with Crippen molar-refractivity contribution in [2.75, 3.05) is 0 Å². The third-order valence-corrected chi connectivity index (χ3v) is 5.58. The quantitative estimate of drug-likeness (QED) is 0.812. The highest BCUT2D eigenvalue weighted by molar-refractivity contribution is 5.92. The van der Waals surface area contributed by atoms with Gasteiger partial charge in [0, 0.05) is 29.3 Å². The van der Waals surface area contributed by atoms with Crippen LogP contribution in [-0.4, -0.2) is 28.0 Å². The van der Waals surface area contributed by atoms with Crippen molar-refractivity contribution < 1.29 is 22.7 Å². The smallest absolute Gasteiger partial charge is 0.417 e. The molecule has 1 aliphatic rings. The summed E-state index contributed by atoms with van der Waals surface area (Å²) in [6.07, 6.45) is -0.906. The SMILES string of the molecule is CC1(C)[C@H](NC(=O)c2cnccn2)C(C)(C)[C@H]1Oc1ccc(C#N)c(C(F)(F)F)c1. The molecule has 30 heavy (non-hydrogen) atoms. The largest absolute Gasteiger partial charge is 0.489 e. The summed E-state index contributed by atoms with van der Waals surface area (Å²) in [6.45, 7) is 7.50. The molecule has 9 heteroatoms. The van der Waals surface area contributed by atoms with Gasteiger partial charge in [-0.2, -0.15) is 18.4 Å². The standard InChI is InChI=1S/C21H21F3N4O2/c1-19(2)17(28-16(29)15-11-26-7-8-27-15)20(3,4)18(19)30-13-6-5-12(10-25)14(9-13)21(22,23)24/h5-9,11,17-18H,1-4H3,(H,28,29)/t17-,18-. The zero-order chi connectivity index (χ0) is 22.3. The third-order valence-electron chi connectivity index (χ3n) is 5.58. The number of nitriles is 1. The van der Waals surface area contributed by atoms with E-state index in [0.717, 1.165) is 12.1 Å². The monoisotopic (exact) mass is 418 g/mol. The molecular weight excluding hydrogens is 397 g/mol. The van der Waals surface area contributed by atoms with Crippen LogP contribution in [0.25, 0.3) is 0 Å². The van der Waals surface area contributed by atoms with Gasteiger partial charge >= 0.3 is 6.18 Å². The third kappa shape index (κ3) is 3.70. The molecule has 1 aliphatic carbocycles. The highest BCUT2D eigenvalue weighted by atomic mass is 19.4. The Labute approximate surface area is 172 Å². The average molecular weight is 418 g/mol. The van der Waals surface area contributed by atoms with Crippen molar-refractivity contribution >= 4 is 5.91 Å². The van der Waals surface area contributed by atoms with Gasteiger partial charge in [-0.25, -0.2) is 4.98 Å². The molecule has 6 nitrogen and oxygen atoms in total. The summed E-state index contributed by atoms with van der Waals surface area (Å²) in [5.41, 5.74) is -2.47. The van der Waals surface area contributed by atoms with Gasteiger partial charge in [-0.05, 0) is 18.2 Å². The van der Waals surface area contributed by atoms with Crippen LogP contribution in [0.3, 0.4) is 0 Å². The minimum absolute atomic E-state index is 0.0196. The number of carbonyl (C=O) groups is 1. The van der Waals surface area contributed by atoms with Crippen molar-refractivity contribution in [3.8, 4) is 11.8 Å². The first-order chi connectivity index (χ1) is 13.9. The molecular formula is C21H21F3N4O2. The van der Waals surface area contributed by atoms with E-state index in [0.29, 0.717) is 0 Å². The summed E-state index contributed by atoms with van der Waals surface area (Å²) in [6, 6.07) is 4.54. The number of amides is 1. The van der Waals surface area contributed by atoms with Crippen LogP contribution in [0.15, 0.2) is 36.8 Å². The molecule has 0 spiro atoms. The number of hydrogen-bond donors (Lipinski definition) is 1. The molecule has 0 atom stereocenters.